The van der Waals surface area contributed by atoms with Crippen LogP contribution in [0, 0.1) is 12.7 Å². The van der Waals surface area contributed by atoms with Crippen molar-refractivity contribution in [2.24, 2.45) is 0 Å². The van der Waals surface area contributed by atoms with Crippen molar-refractivity contribution >= 4 is 0 Å². The zero-order chi connectivity index (χ0) is 12.4. The highest BCUT2D eigenvalue weighted by atomic mass is 19.1. The Bertz CT molecular complexity index is 608. The molecule has 0 saturated heterocycles. The summed E-state index contributed by atoms with van der Waals surface area (Å²) in [5.74, 6) is -0.352. The largest absolute Gasteiger partial charge is 0.494 e. The SMILES string of the molecule is COc1ccc(-c2cc(C)n[nH]c2=O)cc1F. The molecule has 0 atom stereocenters. The number of nitrogens with zero attached hydrogens (tertiary/aromatic N) is 1. The lowest BCUT2D eigenvalue weighted by Crippen LogP contribution is -2.11. The maximum absolute atomic E-state index is 13.5. The van der Waals surface area contributed by atoms with Crippen LogP contribution in [0.15, 0.2) is 29.1 Å². The van der Waals surface area contributed by atoms with E-state index in [1.165, 1.54) is 19.2 Å². The van der Waals surface area contributed by atoms with Gasteiger partial charge in [-0.25, -0.2) is 9.49 Å². The monoisotopic (exact) mass is 234 g/mol. The Kier molecular flexibility index (Phi) is 2.91. The smallest absolute Gasteiger partial charge is 0.272 e. The first-order valence-electron chi connectivity index (χ1n) is 5.02. The van der Waals surface area contributed by atoms with Crippen molar-refractivity contribution in [2.45, 2.75) is 6.92 Å². The first-order valence-corrected chi connectivity index (χ1v) is 5.02. The van der Waals surface area contributed by atoms with Crippen LogP contribution in [0.1, 0.15) is 5.69 Å². The number of rotatable bonds is 2. The second-order valence-electron chi connectivity index (χ2n) is 3.60. The van der Waals surface area contributed by atoms with Gasteiger partial charge in [0.2, 0.25) is 0 Å². The van der Waals surface area contributed by atoms with Gasteiger partial charge in [-0.05, 0) is 30.7 Å². The van der Waals surface area contributed by atoms with E-state index in [9.17, 15) is 9.18 Å². The van der Waals surface area contributed by atoms with Crippen LogP contribution in [0.4, 0.5) is 4.39 Å². The molecule has 0 amide bonds. The van der Waals surface area contributed by atoms with Gasteiger partial charge in [0, 0.05) is 0 Å². The van der Waals surface area contributed by atoms with Gasteiger partial charge in [0.05, 0.1) is 18.4 Å². The van der Waals surface area contributed by atoms with Gasteiger partial charge in [-0.3, -0.25) is 4.79 Å². The number of ether oxygens (including phenoxy) is 1. The molecule has 0 bridgehead atoms. The fourth-order valence-corrected chi connectivity index (χ4v) is 1.55. The number of methoxy groups -OCH3 is 1. The minimum absolute atomic E-state index is 0.149. The summed E-state index contributed by atoms with van der Waals surface area (Å²) >= 11 is 0. The highest BCUT2D eigenvalue weighted by Gasteiger charge is 2.08. The number of nitrogens with one attached hydrogen (secondary N) is 1. The molecule has 0 aliphatic carbocycles. The molecule has 5 heteroatoms. The fourth-order valence-electron chi connectivity index (χ4n) is 1.55. The molecule has 17 heavy (non-hydrogen) atoms. The zero-order valence-corrected chi connectivity index (χ0v) is 9.45. The minimum atomic E-state index is -0.501. The van der Waals surface area contributed by atoms with Gasteiger partial charge < -0.3 is 4.74 Å². The van der Waals surface area contributed by atoms with Gasteiger partial charge in [-0.2, -0.15) is 5.10 Å². The normalized spacial score (nSPS) is 10.3. The fraction of sp³-hybridized carbons (Fsp3) is 0.167. The minimum Gasteiger partial charge on any atom is -0.494 e. The molecule has 88 valence electrons. The van der Waals surface area contributed by atoms with E-state index in [0.717, 1.165) is 0 Å². The van der Waals surface area contributed by atoms with E-state index in [1.54, 1.807) is 19.1 Å². The second-order valence-corrected chi connectivity index (χ2v) is 3.60. The quantitative estimate of drug-likeness (QED) is 0.863. The third-order valence-corrected chi connectivity index (χ3v) is 2.39. The van der Waals surface area contributed by atoms with E-state index in [4.69, 9.17) is 4.74 Å². The number of hydrogen-bond donors (Lipinski definition) is 1. The first-order chi connectivity index (χ1) is 8.11. The van der Waals surface area contributed by atoms with Gasteiger partial charge >= 0.3 is 0 Å². The summed E-state index contributed by atoms with van der Waals surface area (Å²) in [5.41, 5.74) is 1.20. The summed E-state index contributed by atoms with van der Waals surface area (Å²) in [4.78, 5) is 11.6. The average molecular weight is 234 g/mol. The summed E-state index contributed by atoms with van der Waals surface area (Å²) in [7, 11) is 1.39. The molecule has 0 aliphatic heterocycles. The van der Waals surface area contributed by atoms with E-state index in [0.29, 0.717) is 16.8 Å². The maximum atomic E-state index is 13.5. The molecule has 0 unspecified atom stereocenters. The van der Waals surface area contributed by atoms with Crippen LogP contribution in [0.3, 0.4) is 0 Å². The van der Waals surface area contributed by atoms with E-state index in [2.05, 4.69) is 10.2 Å². The number of aromatic nitrogens is 2. The van der Waals surface area contributed by atoms with Gasteiger partial charge in [-0.1, -0.05) is 6.07 Å². The molecule has 0 radical (unpaired) electrons. The van der Waals surface area contributed by atoms with Crippen molar-refractivity contribution in [1.82, 2.24) is 10.2 Å². The van der Waals surface area contributed by atoms with Crippen LogP contribution >= 0.6 is 0 Å². The van der Waals surface area contributed by atoms with Crippen molar-refractivity contribution < 1.29 is 9.13 Å². The predicted octanol–water partition coefficient (Wildman–Crippen LogP) is 1.89. The predicted molar refractivity (Wildman–Crippen MR) is 61.5 cm³/mol. The zero-order valence-electron chi connectivity index (χ0n) is 9.45. The Hall–Kier alpha value is -2.17. The summed E-state index contributed by atoms with van der Waals surface area (Å²) in [6.45, 7) is 1.75. The average Bonchev–Trinajstić information content (AvgIpc) is 2.32. The molecular weight excluding hydrogens is 223 g/mol. The third kappa shape index (κ3) is 2.18. The Morgan fingerprint density at radius 1 is 1.35 bits per heavy atom. The molecule has 1 aromatic carbocycles. The van der Waals surface area contributed by atoms with Crippen molar-refractivity contribution in [3.8, 4) is 16.9 Å². The molecule has 0 aliphatic rings. The van der Waals surface area contributed by atoms with Crippen LogP contribution in [-0.4, -0.2) is 17.3 Å². The van der Waals surface area contributed by atoms with Gasteiger partial charge in [0.25, 0.3) is 5.56 Å². The van der Waals surface area contributed by atoms with Gasteiger partial charge in [-0.15, -0.1) is 0 Å². The molecule has 1 heterocycles. The first kappa shape index (κ1) is 11.3. The van der Waals surface area contributed by atoms with E-state index < -0.39 is 5.82 Å². The van der Waals surface area contributed by atoms with Crippen molar-refractivity contribution in [3.63, 3.8) is 0 Å². The Morgan fingerprint density at radius 3 is 2.76 bits per heavy atom. The van der Waals surface area contributed by atoms with Gasteiger partial charge in [0.15, 0.2) is 11.6 Å². The van der Waals surface area contributed by atoms with Crippen LogP contribution in [0.5, 0.6) is 5.75 Å². The standard InChI is InChI=1S/C12H11FN2O2/c1-7-5-9(12(16)15-14-7)8-3-4-11(17-2)10(13)6-8/h3-6H,1-2H3,(H,15,16). The summed E-state index contributed by atoms with van der Waals surface area (Å²) in [6, 6.07) is 5.99. The highest BCUT2D eigenvalue weighted by molar-refractivity contribution is 5.63. The molecule has 2 aromatic rings. The van der Waals surface area contributed by atoms with Crippen LogP contribution < -0.4 is 10.3 Å². The Balaban J connectivity index is 2.57. The third-order valence-electron chi connectivity index (χ3n) is 2.39. The van der Waals surface area contributed by atoms with Crippen molar-refractivity contribution in [2.75, 3.05) is 7.11 Å². The number of hydrogen-bond acceptors (Lipinski definition) is 3. The van der Waals surface area contributed by atoms with Crippen LogP contribution in [0.2, 0.25) is 0 Å². The lowest BCUT2D eigenvalue weighted by atomic mass is 10.1. The molecule has 1 N–H and O–H groups in total. The lowest BCUT2D eigenvalue weighted by molar-refractivity contribution is 0.386. The molecule has 4 nitrogen and oxygen atoms in total. The maximum Gasteiger partial charge on any atom is 0.272 e. The van der Waals surface area contributed by atoms with Crippen LogP contribution in [0.25, 0.3) is 11.1 Å². The summed E-state index contributed by atoms with van der Waals surface area (Å²) in [6.07, 6.45) is 0. The molecule has 1 aromatic heterocycles. The van der Waals surface area contributed by atoms with Gasteiger partial charge in [0.1, 0.15) is 0 Å². The van der Waals surface area contributed by atoms with E-state index >= 15 is 0 Å². The number of aromatic amines is 1. The number of benzene rings is 1. The number of H-pyrrole nitrogens is 1. The topological polar surface area (TPSA) is 55.0 Å². The summed E-state index contributed by atoms with van der Waals surface area (Å²) < 4.78 is 18.3. The molecule has 0 saturated carbocycles. The van der Waals surface area contributed by atoms with Crippen molar-refractivity contribution in [1.29, 1.82) is 0 Å². The van der Waals surface area contributed by atoms with E-state index in [1.807, 2.05) is 0 Å². The number of aryl methyl sites for hydroxylation is 1. The Labute approximate surface area is 97.1 Å². The van der Waals surface area contributed by atoms with Crippen molar-refractivity contribution in [3.05, 3.63) is 46.1 Å². The highest BCUT2D eigenvalue weighted by Crippen LogP contribution is 2.23. The molecular formula is C12H11FN2O2. The summed E-state index contributed by atoms with van der Waals surface area (Å²) in [5, 5.41) is 6.12. The van der Waals surface area contributed by atoms with E-state index in [-0.39, 0.29) is 11.3 Å². The second kappa shape index (κ2) is 4.37. The van der Waals surface area contributed by atoms with Crippen LogP contribution in [-0.2, 0) is 0 Å². The number of halogens is 1. The molecule has 0 spiro atoms. The molecule has 0 fully saturated rings. The Morgan fingerprint density at radius 2 is 2.12 bits per heavy atom. The molecule has 2 rings (SSSR count). The lowest BCUT2D eigenvalue weighted by Gasteiger charge is -2.05.